The zero-order valence-electron chi connectivity index (χ0n) is 13.1. The predicted octanol–water partition coefficient (Wildman–Crippen LogP) is 3.22. The second-order valence-electron chi connectivity index (χ2n) is 7.06. The van der Waals surface area contributed by atoms with Gasteiger partial charge < -0.3 is 15.2 Å². The number of nitrogens with one attached hydrogen (secondary N) is 1. The van der Waals surface area contributed by atoms with Gasteiger partial charge in [0.15, 0.2) is 0 Å². The summed E-state index contributed by atoms with van der Waals surface area (Å²) >= 11 is 0. The average Bonchev–Trinajstić information content (AvgIpc) is 3.20. The summed E-state index contributed by atoms with van der Waals surface area (Å²) in [4.78, 5) is 0. The van der Waals surface area contributed by atoms with E-state index in [0.717, 1.165) is 25.0 Å². The van der Waals surface area contributed by atoms with Crippen molar-refractivity contribution in [3.05, 3.63) is 29.8 Å². The van der Waals surface area contributed by atoms with Crippen molar-refractivity contribution in [3.63, 3.8) is 0 Å². The highest BCUT2D eigenvalue weighted by atomic mass is 16.5. The minimum Gasteiger partial charge on any atom is -0.490 e. The molecule has 2 aliphatic carbocycles. The van der Waals surface area contributed by atoms with E-state index in [2.05, 4.69) is 43.4 Å². The van der Waals surface area contributed by atoms with E-state index in [-0.39, 0.29) is 18.2 Å². The van der Waals surface area contributed by atoms with Crippen molar-refractivity contribution in [2.24, 2.45) is 0 Å². The number of ether oxygens (including phenoxy) is 1. The molecule has 2 atom stereocenters. The summed E-state index contributed by atoms with van der Waals surface area (Å²) in [5, 5.41) is 13.4. The number of aliphatic hydroxyl groups is 1. The van der Waals surface area contributed by atoms with Gasteiger partial charge in [-0.25, -0.2) is 0 Å². The van der Waals surface area contributed by atoms with Gasteiger partial charge in [-0.05, 0) is 49.3 Å². The zero-order valence-corrected chi connectivity index (χ0v) is 13.1. The molecule has 0 radical (unpaired) electrons. The second-order valence-corrected chi connectivity index (χ2v) is 7.06. The maximum Gasteiger partial charge on any atom is 0.119 e. The van der Waals surface area contributed by atoms with Crippen molar-refractivity contribution in [2.75, 3.05) is 6.61 Å². The Bertz CT molecular complexity index is 467. The van der Waals surface area contributed by atoms with Crippen LogP contribution in [0.5, 0.6) is 5.75 Å². The molecule has 0 amide bonds. The van der Waals surface area contributed by atoms with Gasteiger partial charge in [-0.3, -0.25) is 0 Å². The van der Waals surface area contributed by atoms with Gasteiger partial charge in [-0.15, -0.1) is 0 Å². The number of hydrogen-bond donors (Lipinski definition) is 2. The number of aliphatic hydroxyl groups excluding tert-OH is 1. The number of rotatable bonds is 6. The van der Waals surface area contributed by atoms with Gasteiger partial charge in [0.25, 0.3) is 0 Å². The minimum absolute atomic E-state index is 0.107. The maximum atomic E-state index is 9.76. The topological polar surface area (TPSA) is 41.5 Å². The minimum atomic E-state index is -0.107. The molecule has 0 spiro atoms. The third-order valence-corrected chi connectivity index (χ3v) is 4.80. The fourth-order valence-corrected chi connectivity index (χ4v) is 3.28. The molecule has 2 fully saturated rings. The highest BCUT2D eigenvalue weighted by Crippen LogP contribution is 2.35. The van der Waals surface area contributed by atoms with Crippen LogP contribution in [0, 0.1) is 0 Å². The first-order chi connectivity index (χ1) is 10.1. The Hall–Kier alpha value is -1.06. The quantitative estimate of drug-likeness (QED) is 0.845. The molecule has 2 unspecified atom stereocenters. The molecule has 1 aromatic rings. The summed E-state index contributed by atoms with van der Waals surface area (Å²) in [6.45, 7) is 4.62. The molecule has 21 heavy (non-hydrogen) atoms. The highest BCUT2D eigenvalue weighted by molar-refractivity contribution is 5.29. The molecular formula is C18H27NO2. The van der Waals surface area contributed by atoms with Crippen molar-refractivity contribution in [3.8, 4) is 5.75 Å². The Morgan fingerprint density at radius 3 is 2.52 bits per heavy atom. The van der Waals surface area contributed by atoms with Gasteiger partial charge in [0, 0.05) is 18.0 Å². The molecule has 0 heterocycles. The fourth-order valence-electron chi connectivity index (χ4n) is 3.28. The van der Waals surface area contributed by atoms with Gasteiger partial charge in [-0.2, -0.15) is 0 Å². The fraction of sp³-hybridized carbons (Fsp3) is 0.667. The van der Waals surface area contributed by atoms with Crippen LogP contribution >= 0.6 is 0 Å². The number of hydrogen-bond acceptors (Lipinski definition) is 3. The van der Waals surface area contributed by atoms with E-state index >= 15 is 0 Å². The molecule has 1 aromatic carbocycles. The monoisotopic (exact) mass is 289 g/mol. The van der Waals surface area contributed by atoms with Crippen LogP contribution in [0.2, 0.25) is 0 Å². The van der Waals surface area contributed by atoms with Crippen LogP contribution in [0.3, 0.4) is 0 Å². The highest BCUT2D eigenvalue weighted by Gasteiger charge is 2.42. The Balaban J connectivity index is 1.58. The van der Waals surface area contributed by atoms with Crippen molar-refractivity contribution >= 4 is 0 Å². The van der Waals surface area contributed by atoms with Gasteiger partial charge in [0.05, 0.1) is 6.61 Å². The summed E-state index contributed by atoms with van der Waals surface area (Å²) in [6, 6.07) is 9.07. The standard InChI is InChI=1S/C18H27NO2/c1-13(2)14-3-7-16(8-4-14)21-17-9-10-18(11-17,12-20)19-15-5-6-15/h3-4,7-8,13,15,17,19-20H,5-6,9-12H2,1-2H3. The van der Waals surface area contributed by atoms with Crippen LogP contribution < -0.4 is 10.1 Å². The van der Waals surface area contributed by atoms with Crippen LogP contribution in [-0.4, -0.2) is 29.4 Å². The third-order valence-electron chi connectivity index (χ3n) is 4.80. The van der Waals surface area contributed by atoms with E-state index in [9.17, 15) is 5.11 Å². The summed E-state index contributed by atoms with van der Waals surface area (Å²) in [7, 11) is 0. The molecule has 3 rings (SSSR count). The molecular weight excluding hydrogens is 262 g/mol. The number of benzene rings is 1. The molecule has 0 saturated heterocycles. The van der Waals surface area contributed by atoms with Crippen LogP contribution in [0.25, 0.3) is 0 Å². The van der Waals surface area contributed by atoms with Crippen LogP contribution in [-0.2, 0) is 0 Å². The van der Waals surface area contributed by atoms with E-state index in [1.165, 1.54) is 18.4 Å². The lowest BCUT2D eigenvalue weighted by atomic mass is 9.98. The lowest BCUT2D eigenvalue weighted by Crippen LogP contribution is -2.48. The second kappa shape index (κ2) is 5.98. The first-order valence-corrected chi connectivity index (χ1v) is 8.25. The van der Waals surface area contributed by atoms with Crippen molar-refractivity contribution < 1.29 is 9.84 Å². The van der Waals surface area contributed by atoms with Crippen molar-refractivity contribution in [1.82, 2.24) is 5.32 Å². The van der Waals surface area contributed by atoms with Crippen molar-refractivity contribution in [2.45, 2.75) is 69.6 Å². The molecule has 0 aromatic heterocycles. The summed E-state index contributed by atoms with van der Waals surface area (Å²) in [5.41, 5.74) is 1.23. The first kappa shape index (κ1) is 14.9. The summed E-state index contributed by atoms with van der Waals surface area (Å²) in [5.74, 6) is 1.50. The zero-order chi connectivity index (χ0) is 14.9. The summed E-state index contributed by atoms with van der Waals surface area (Å²) in [6.07, 6.45) is 5.66. The molecule has 0 bridgehead atoms. The van der Waals surface area contributed by atoms with E-state index < -0.39 is 0 Å². The SMILES string of the molecule is CC(C)c1ccc(OC2CCC(CO)(NC3CC3)C2)cc1. The average molecular weight is 289 g/mol. The lowest BCUT2D eigenvalue weighted by molar-refractivity contribution is 0.139. The van der Waals surface area contributed by atoms with Gasteiger partial charge in [0.1, 0.15) is 11.9 Å². The van der Waals surface area contributed by atoms with E-state index in [0.29, 0.717) is 12.0 Å². The molecule has 2 aliphatic rings. The van der Waals surface area contributed by atoms with Crippen LogP contribution in [0.1, 0.15) is 57.4 Å². The van der Waals surface area contributed by atoms with E-state index in [4.69, 9.17) is 4.74 Å². The molecule has 3 heteroatoms. The Kier molecular flexibility index (Phi) is 4.23. The van der Waals surface area contributed by atoms with Crippen molar-refractivity contribution in [1.29, 1.82) is 0 Å². The first-order valence-electron chi connectivity index (χ1n) is 8.25. The van der Waals surface area contributed by atoms with E-state index in [1.54, 1.807) is 0 Å². The Morgan fingerprint density at radius 1 is 1.24 bits per heavy atom. The largest absolute Gasteiger partial charge is 0.490 e. The summed E-state index contributed by atoms with van der Waals surface area (Å²) < 4.78 is 6.12. The molecule has 116 valence electrons. The van der Waals surface area contributed by atoms with Gasteiger partial charge in [0.2, 0.25) is 0 Å². The van der Waals surface area contributed by atoms with Gasteiger partial charge >= 0.3 is 0 Å². The maximum absolute atomic E-state index is 9.76. The third kappa shape index (κ3) is 3.58. The normalized spacial score (nSPS) is 29.0. The molecule has 3 nitrogen and oxygen atoms in total. The van der Waals surface area contributed by atoms with Gasteiger partial charge in [-0.1, -0.05) is 26.0 Å². The lowest BCUT2D eigenvalue weighted by Gasteiger charge is -2.28. The predicted molar refractivity (Wildman–Crippen MR) is 84.8 cm³/mol. The smallest absolute Gasteiger partial charge is 0.119 e. The molecule has 2 N–H and O–H groups in total. The molecule has 2 saturated carbocycles. The molecule has 0 aliphatic heterocycles. The Morgan fingerprint density at radius 2 is 1.95 bits per heavy atom. The Labute approximate surface area is 127 Å². The van der Waals surface area contributed by atoms with E-state index in [1.807, 2.05) is 0 Å². The van der Waals surface area contributed by atoms with Crippen LogP contribution in [0.4, 0.5) is 0 Å². The van der Waals surface area contributed by atoms with Crippen LogP contribution in [0.15, 0.2) is 24.3 Å².